The Morgan fingerprint density at radius 1 is 1.00 bits per heavy atom. The summed E-state index contributed by atoms with van der Waals surface area (Å²) in [7, 11) is 0. The van der Waals surface area contributed by atoms with Crippen LogP contribution in [0.5, 0.6) is 0 Å². The van der Waals surface area contributed by atoms with Gasteiger partial charge in [-0.05, 0) is 65.4 Å². The van der Waals surface area contributed by atoms with Crippen LogP contribution in [0.25, 0.3) is 0 Å². The van der Waals surface area contributed by atoms with Crippen molar-refractivity contribution in [3.8, 4) is 6.07 Å². The number of anilines is 1. The van der Waals surface area contributed by atoms with E-state index >= 15 is 0 Å². The first-order chi connectivity index (χ1) is 11.7. The number of carbonyl (C=O) groups is 1. The lowest BCUT2D eigenvalue weighted by molar-refractivity contribution is 0.0766. The van der Waals surface area contributed by atoms with Crippen LogP contribution in [0.3, 0.4) is 0 Å². The molecule has 2 aromatic carbocycles. The summed E-state index contributed by atoms with van der Waals surface area (Å²) in [6.45, 7) is 3.21. The first-order valence-electron chi connectivity index (χ1n) is 7.98. The minimum atomic E-state index is 0.113. The average molecular weight is 431 g/mol. The molecule has 122 valence electrons. The number of hydrogen-bond acceptors (Lipinski definition) is 3. The van der Waals surface area contributed by atoms with Gasteiger partial charge in [0.2, 0.25) is 0 Å². The van der Waals surface area contributed by atoms with Crippen molar-refractivity contribution >= 4 is 34.2 Å². The van der Waals surface area contributed by atoms with Crippen LogP contribution in [0.15, 0.2) is 48.5 Å². The third kappa shape index (κ3) is 3.70. The number of rotatable bonds is 2. The lowest BCUT2D eigenvalue weighted by Gasteiger charge is -2.24. The van der Waals surface area contributed by atoms with Crippen molar-refractivity contribution in [2.75, 3.05) is 31.1 Å². The number of nitrogens with zero attached hydrogens (tertiary/aromatic N) is 3. The fourth-order valence-electron chi connectivity index (χ4n) is 2.93. The smallest absolute Gasteiger partial charge is 0.254 e. The second kappa shape index (κ2) is 7.67. The largest absolute Gasteiger partial charge is 0.370 e. The van der Waals surface area contributed by atoms with E-state index in [1.165, 1.54) is 0 Å². The highest BCUT2D eigenvalue weighted by molar-refractivity contribution is 14.1. The Bertz CT molecular complexity index is 767. The topological polar surface area (TPSA) is 47.3 Å². The molecule has 1 aliphatic rings. The van der Waals surface area contributed by atoms with E-state index in [2.05, 4.69) is 33.6 Å². The van der Waals surface area contributed by atoms with Gasteiger partial charge in [-0.15, -0.1) is 0 Å². The summed E-state index contributed by atoms with van der Waals surface area (Å²) in [6.07, 6.45) is 0.940. The molecule has 1 aliphatic heterocycles. The number of amides is 1. The molecule has 0 aromatic heterocycles. The van der Waals surface area contributed by atoms with E-state index in [-0.39, 0.29) is 5.91 Å². The molecular formula is C19H18IN3O. The predicted molar refractivity (Wildman–Crippen MR) is 103 cm³/mol. The maximum absolute atomic E-state index is 12.8. The molecule has 0 spiro atoms. The quantitative estimate of drug-likeness (QED) is 0.684. The molecule has 1 amide bonds. The fourth-order valence-corrected chi connectivity index (χ4v) is 3.55. The van der Waals surface area contributed by atoms with Gasteiger partial charge in [-0.25, -0.2) is 0 Å². The summed E-state index contributed by atoms with van der Waals surface area (Å²) in [6, 6.07) is 17.5. The zero-order chi connectivity index (χ0) is 16.9. The van der Waals surface area contributed by atoms with Crippen molar-refractivity contribution < 1.29 is 4.79 Å². The molecule has 0 unspecified atom stereocenters. The molecule has 1 fully saturated rings. The normalized spacial score (nSPS) is 14.8. The summed E-state index contributed by atoms with van der Waals surface area (Å²) in [5, 5.41) is 8.90. The zero-order valence-electron chi connectivity index (χ0n) is 13.3. The van der Waals surface area contributed by atoms with Crippen molar-refractivity contribution in [2.24, 2.45) is 0 Å². The molecule has 2 aromatic rings. The second-order valence-electron chi connectivity index (χ2n) is 5.77. The highest BCUT2D eigenvalue weighted by Crippen LogP contribution is 2.19. The molecule has 1 heterocycles. The van der Waals surface area contributed by atoms with Crippen molar-refractivity contribution in [2.45, 2.75) is 6.42 Å². The van der Waals surface area contributed by atoms with Gasteiger partial charge in [-0.2, -0.15) is 5.26 Å². The van der Waals surface area contributed by atoms with Gasteiger partial charge in [0.05, 0.1) is 17.2 Å². The molecule has 4 nitrogen and oxygen atoms in total. The van der Waals surface area contributed by atoms with Crippen LogP contribution in [0.4, 0.5) is 5.69 Å². The number of halogens is 1. The van der Waals surface area contributed by atoms with Gasteiger partial charge >= 0.3 is 0 Å². The summed E-state index contributed by atoms with van der Waals surface area (Å²) in [5.74, 6) is 0.113. The van der Waals surface area contributed by atoms with Gasteiger partial charge in [0, 0.05) is 35.4 Å². The van der Waals surface area contributed by atoms with Crippen LogP contribution >= 0.6 is 22.6 Å². The van der Waals surface area contributed by atoms with E-state index in [1.807, 2.05) is 53.4 Å². The molecule has 1 saturated heterocycles. The van der Waals surface area contributed by atoms with Crippen LogP contribution in [-0.2, 0) is 0 Å². The molecule has 5 heteroatoms. The first-order valence-corrected chi connectivity index (χ1v) is 9.06. The van der Waals surface area contributed by atoms with Gasteiger partial charge in [-0.1, -0.05) is 12.1 Å². The number of carbonyl (C=O) groups excluding carboxylic acids is 1. The summed E-state index contributed by atoms with van der Waals surface area (Å²) in [4.78, 5) is 17.0. The average Bonchev–Trinajstić information content (AvgIpc) is 2.88. The Kier molecular flexibility index (Phi) is 5.36. The Morgan fingerprint density at radius 3 is 2.46 bits per heavy atom. The third-order valence-corrected chi connectivity index (χ3v) is 5.19. The van der Waals surface area contributed by atoms with E-state index in [9.17, 15) is 4.79 Å². The maximum atomic E-state index is 12.8. The van der Waals surface area contributed by atoms with Crippen molar-refractivity contribution in [3.63, 3.8) is 0 Å². The van der Waals surface area contributed by atoms with Gasteiger partial charge in [0.1, 0.15) is 0 Å². The van der Waals surface area contributed by atoms with E-state index in [0.717, 1.165) is 40.9 Å². The van der Waals surface area contributed by atoms with Gasteiger partial charge in [-0.3, -0.25) is 4.79 Å². The SMILES string of the molecule is N#Cc1ccc(N2CCCN(C(=O)c3ccccc3I)CC2)cc1. The van der Waals surface area contributed by atoms with Gasteiger partial charge < -0.3 is 9.80 Å². The molecule has 0 saturated carbocycles. The van der Waals surface area contributed by atoms with Crippen molar-refractivity contribution in [3.05, 3.63) is 63.2 Å². The highest BCUT2D eigenvalue weighted by Gasteiger charge is 2.21. The zero-order valence-corrected chi connectivity index (χ0v) is 15.4. The lowest BCUT2D eigenvalue weighted by atomic mass is 10.2. The Hall–Kier alpha value is -2.07. The van der Waals surface area contributed by atoms with E-state index in [0.29, 0.717) is 12.1 Å². The maximum Gasteiger partial charge on any atom is 0.254 e. The van der Waals surface area contributed by atoms with Crippen LogP contribution in [0.2, 0.25) is 0 Å². The van der Waals surface area contributed by atoms with Crippen LogP contribution in [-0.4, -0.2) is 37.0 Å². The molecular weight excluding hydrogens is 413 g/mol. The monoisotopic (exact) mass is 431 g/mol. The van der Waals surface area contributed by atoms with E-state index in [1.54, 1.807) is 0 Å². The minimum absolute atomic E-state index is 0.113. The summed E-state index contributed by atoms with van der Waals surface area (Å²) >= 11 is 2.22. The third-order valence-electron chi connectivity index (χ3n) is 4.25. The number of nitriles is 1. The minimum Gasteiger partial charge on any atom is -0.370 e. The Balaban J connectivity index is 1.70. The summed E-state index contributed by atoms with van der Waals surface area (Å²) in [5.41, 5.74) is 2.56. The van der Waals surface area contributed by atoms with E-state index in [4.69, 9.17) is 5.26 Å². The lowest BCUT2D eigenvalue weighted by Crippen LogP contribution is -2.35. The van der Waals surface area contributed by atoms with Crippen LogP contribution in [0, 0.1) is 14.9 Å². The molecule has 0 atom stereocenters. The number of hydrogen-bond donors (Lipinski definition) is 0. The summed E-state index contributed by atoms with van der Waals surface area (Å²) < 4.78 is 0.994. The van der Waals surface area contributed by atoms with Crippen molar-refractivity contribution in [1.82, 2.24) is 4.90 Å². The van der Waals surface area contributed by atoms with Crippen molar-refractivity contribution in [1.29, 1.82) is 5.26 Å². The standard InChI is InChI=1S/C19H18IN3O/c20-18-5-2-1-4-17(18)19(24)23-11-3-10-22(12-13-23)16-8-6-15(14-21)7-9-16/h1-2,4-9H,3,10-13H2. The molecule has 24 heavy (non-hydrogen) atoms. The molecule has 0 aliphatic carbocycles. The predicted octanol–water partition coefficient (Wildman–Crippen LogP) is 3.52. The molecule has 0 N–H and O–H groups in total. The molecule has 0 bridgehead atoms. The second-order valence-corrected chi connectivity index (χ2v) is 6.93. The van der Waals surface area contributed by atoms with Gasteiger partial charge in [0.15, 0.2) is 0 Å². The Labute approximate surface area is 155 Å². The molecule has 0 radical (unpaired) electrons. The van der Waals surface area contributed by atoms with E-state index < -0.39 is 0 Å². The first kappa shape index (κ1) is 16.8. The van der Waals surface area contributed by atoms with Crippen LogP contribution in [0.1, 0.15) is 22.3 Å². The van der Waals surface area contributed by atoms with Crippen LogP contribution < -0.4 is 4.90 Å². The Morgan fingerprint density at radius 2 is 1.75 bits per heavy atom. The number of benzene rings is 2. The van der Waals surface area contributed by atoms with Gasteiger partial charge in [0.25, 0.3) is 5.91 Å². The highest BCUT2D eigenvalue weighted by atomic mass is 127. The molecule has 3 rings (SSSR count). The fraction of sp³-hybridized carbons (Fsp3) is 0.263.